The zero-order valence-electron chi connectivity index (χ0n) is 12.6. The first kappa shape index (κ1) is 15.7. The lowest BCUT2D eigenvalue weighted by Crippen LogP contribution is -2.37. The molecule has 2 aromatic rings. The minimum atomic E-state index is -3.78. The van der Waals surface area contributed by atoms with Crippen LogP contribution >= 0.6 is 0 Å². The molecule has 1 aromatic heterocycles. The van der Waals surface area contributed by atoms with Crippen LogP contribution in [0.25, 0.3) is 0 Å². The Morgan fingerprint density at radius 2 is 2.04 bits per heavy atom. The lowest BCUT2D eigenvalue weighted by molar-refractivity contribution is -0.102. The number of nitrogens with zero attached hydrogens (tertiary/aromatic N) is 3. The zero-order chi connectivity index (χ0) is 16.8. The van der Waals surface area contributed by atoms with E-state index in [0.717, 1.165) is 9.75 Å². The maximum atomic E-state index is 12.6. The third kappa shape index (κ3) is 2.52. The van der Waals surface area contributed by atoms with Crippen LogP contribution < -0.4 is 10.9 Å². The first-order valence-corrected chi connectivity index (χ1v) is 8.43. The van der Waals surface area contributed by atoms with Crippen LogP contribution in [0.15, 0.2) is 45.0 Å². The van der Waals surface area contributed by atoms with E-state index in [-0.39, 0.29) is 28.1 Å². The van der Waals surface area contributed by atoms with E-state index < -0.39 is 15.4 Å². The Morgan fingerprint density at radius 1 is 1.35 bits per heavy atom. The monoisotopic (exact) mass is 336 g/mol. The van der Waals surface area contributed by atoms with Gasteiger partial charge in [-0.2, -0.15) is 10.2 Å². The predicted octanol–water partition coefficient (Wildman–Crippen LogP) is 0.843. The molecule has 0 saturated heterocycles. The number of para-hydroxylation sites is 1. The van der Waals surface area contributed by atoms with E-state index in [1.165, 1.54) is 19.3 Å². The molecule has 1 unspecified atom stereocenters. The Bertz CT molecular complexity index is 921. The highest BCUT2D eigenvalue weighted by Gasteiger charge is 2.32. The third-order valence-corrected chi connectivity index (χ3v) is 5.63. The van der Waals surface area contributed by atoms with E-state index in [1.807, 2.05) is 0 Å². The lowest BCUT2D eigenvalue weighted by Gasteiger charge is -2.22. The first-order valence-electron chi connectivity index (χ1n) is 6.95. The fourth-order valence-corrected chi connectivity index (χ4v) is 3.84. The summed E-state index contributed by atoms with van der Waals surface area (Å²) in [6, 6.07) is 6.04. The molecule has 0 saturated carbocycles. The van der Waals surface area contributed by atoms with Gasteiger partial charge in [-0.05, 0) is 19.1 Å². The van der Waals surface area contributed by atoms with E-state index in [4.69, 9.17) is 0 Å². The summed E-state index contributed by atoms with van der Waals surface area (Å²) in [5, 5.41) is 17.2. The summed E-state index contributed by atoms with van der Waals surface area (Å²) in [6.07, 6.45) is 1.17. The van der Waals surface area contributed by atoms with Gasteiger partial charge in [0.1, 0.15) is 10.6 Å². The number of likely N-dealkylation sites (N-methyl/N-ethyl adjacent to an activating group) is 1. The second-order valence-electron chi connectivity index (χ2n) is 5.42. The lowest BCUT2D eigenvalue weighted by atomic mass is 10.3. The Labute approximate surface area is 132 Å². The van der Waals surface area contributed by atoms with Crippen molar-refractivity contribution in [2.24, 2.45) is 0 Å². The van der Waals surface area contributed by atoms with Gasteiger partial charge in [0.05, 0.1) is 29.4 Å². The Hall–Kier alpha value is -2.23. The minimum Gasteiger partial charge on any atom is -0.349 e. The van der Waals surface area contributed by atoms with Gasteiger partial charge < -0.3 is 10.5 Å². The molecule has 8 nitrogen and oxygen atoms in total. The molecule has 122 valence electrons. The summed E-state index contributed by atoms with van der Waals surface area (Å²) in [5.41, 5.74) is -0.206. The van der Waals surface area contributed by atoms with Crippen molar-refractivity contribution in [1.29, 1.82) is 0 Å². The SMILES string of the molecule is CC(Cn1ncc2c(c1=O)Nc1ccccc1S2(=O)=O)N(C)O. The van der Waals surface area contributed by atoms with Crippen molar-refractivity contribution in [1.82, 2.24) is 14.8 Å². The van der Waals surface area contributed by atoms with Crippen LogP contribution in [0.2, 0.25) is 0 Å². The van der Waals surface area contributed by atoms with Gasteiger partial charge in [0, 0.05) is 7.05 Å². The van der Waals surface area contributed by atoms with Gasteiger partial charge in [0.2, 0.25) is 9.84 Å². The minimum absolute atomic E-state index is 0.0218. The molecule has 0 fully saturated rings. The molecule has 2 N–H and O–H groups in total. The molecule has 9 heteroatoms. The average Bonchev–Trinajstić information content (AvgIpc) is 2.50. The average molecular weight is 336 g/mol. The smallest absolute Gasteiger partial charge is 0.291 e. The van der Waals surface area contributed by atoms with E-state index in [1.54, 1.807) is 25.1 Å². The number of aromatic nitrogens is 2. The summed E-state index contributed by atoms with van der Waals surface area (Å²) in [7, 11) is -2.32. The molecule has 1 atom stereocenters. The highest BCUT2D eigenvalue weighted by molar-refractivity contribution is 7.92. The second-order valence-corrected chi connectivity index (χ2v) is 7.30. The number of fused-ring (bicyclic) bond motifs is 2. The van der Waals surface area contributed by atoms with Crippen molar-refractivity contribution in [3.63, 3.8) is 0 Å². The van der Waals surface area contributed by atoms with Gasteiger partial charge >= 0.3 is 0 Å². The molecule has 0 spiro atoms. The number of anilines is 2. The summed E-state index contributed by atoms with van der Waals surface area (Å²) in [4.78, 5) is 12.5. The molecule has 23 heavy (non-hydrogen) atoms. The van der Waals surface area contributed by atoms with Crippen molar-refractivity contribution in [2.45, 2.75) is 29.3 Å². The second kappa shape index (κ2) is 5.44. The standard InChI is InChI=1S/C14H16N4O4S/c1-9(17(2)20)8-18-14(19)13-12(7-15-18)23(21,22)11-6-4-3-5-10(11)16-13/h3-7,9,16,20H,8H2,1-2H3. The molecule has 1 aromatic carbocycles. The van der Waals surface area contributed by atoms with Gasteiger partial charge in [0.15, 0.2) is 0 Å². The van der Waals surface area contributed by atoms with Crippen molar-refractivity contribution < 1.29 is 13.6 Å². The number of benzene rings is 1. The van der Waals surface area contributed by atoms with Gasteiger partial charge in [0.25, 0.3) is 5.56 Å². The van der Waals surface area contributed by atoms with Crippen LogP contribution in [0.4, 0.5) is 11.4 Å². The Balaban J connectivity index is 2.13. The molecule has 0 amide bonds. The van der Waals surface area contributed by atoms with E-state index in [9.17, 15) is 18.4 Å². The third-order valence-electron chi connectivity index (χ3n) is 3.81. The van der Waals surface area contributed by atoms with Gasteiger partial charge in [-0.1, -0.05) is 12.1 Å². The van der Waals surface area contributed by atoms with Crippen LogP contribution in [0.1, 0.15) is 6.92 Å². The summed E-state index contributed by atoms with van der Waals surface area (Å²) < 4.78 is 26.4. The van der Waals surface area contributed by atoms with Crippen LogP contribution in [0.3, 0.4) is 0 Å². The summed E-state index contributed by atoms with van der Waals surface area (Å²) in [6.45, 7) is 1.84. The molecular formula is C14H16N4O4S. The largest absolute Gasteiger partial charge is 0.349 e. The van der Waals surface area contributed by atoms with Crippen molar-refractivity contribution >= 4 is 21.2 Å². The molecule has 1 aliphatic rings. The quantitative estimate of drug-likeness (QED) is 0.683. The molecule has 2 heterocycles. The fraction of sp³-hybridized carbons (Fsp3) is 0.286. The van der Waals surface area contributed by atoms with E-state index in [0.29, 0.717) is 5.69 Å². The van der Waals surface area contributed by atoms with Gasteiger partial charge in [-0.25, -0.2) is 13.1 Å². The first-order chi connectivity index (χ1) is 10.8. The molecule has 0 aliphatic carbocycles. The maximum Gasteiger partial charge on any atom is 0.291 e. The summed E-state index contributed by atoms with van der Waals surface area (Å²) >= 11 is 0. The number of nitrogens with one attached hydrogen (secondary N) is 1. The fourth-order valence-electron chi connectivity index (χ4n) is 2.35. The predicted molar refractivity (Wildman–Crippen MR) is 82.7 cm³/mol. The van der Waals surface area contributed by atoms with Crippen LogP contribution in [0, 0.1) is 0 Å². The highest BCUT2D eigenvalue weighted by atomic mass is 32.2. The number of rotatable bonds is 3. The topological polar surface area (TPSA) is 105 Å². The van der Waals surface area contributed by atoms with Gasteiger partial charge in [-0.3, -0.25) is 4.79 Å². The Morgan fingerprint density at radius 3 is 2.74 bits per heavy atom. The van der Waals surface area contributed by atoms with Crippen molar-refractivity contribution in [3.05, 3.63) is 40.8 Å². The molecular weight excluding hydrogens is 320 g/mol. The van der Waals surface area contributed by atoms with Crippen molar-refractivity contribution in [3.8, 4) is 0 Å². The summed E-state index contributed by atoms with van der Waals surface area (Å²) in [5.74, 6) is 0. The number of sulfone groups is 1. The van der Waals surface area contributed by atoms with Crippen LogP contribution in [0.5, 0.6) is 0 Å². The van der Waals surface area contributed by atoms with E-state index >= 15 is 0 Å². The van der Waals surface area contributed by atoms with Crippen LogP contribution in [-0.4, -0.2) is 41.6 Å². The maximum absolute atomic E-state index is 12.6. The Kier molecular flexibility index (Phi) is 3.71. The molecule has 0 bridgehead atoms. The van der Waals surface area contributed by atoms with Crippen molar-refractivity contribution in [2.75, 3.05) is 12.4 Å². The molecule has 0 radical (unpaired) electrons. The number of hydroxylamine groups is 2. The highest BCUT2D eigenvalue weighted by Crippen LogP contribution is 2.36. The van der Waals surface area contributed by atoms with E-state index in [2.05, 4.69) is 10.4 Å². The molecule has 1 aliphatic heterocycles. The number of hydrogen-bond donors (Lipinski definition) is 2. The zero-order valence-corrected chi connectivity index (χ0v) is 13.4. The molecule has 3 rings (SSSR count). The van der Waals surface area contributed by atoms with Gasteiger partial charge in [-0.15, -0.1) is 0 Å². The normalized spacial score (nSPS) is 16.3. The number of hydrogen-bond acceptors (Lipinski definition) is 7. The van der Waals surface area contributed by atoms with Crippen LogP contribution in [-0.2, 0) is 16.4 Å².